The van der Waals surface area contributed by atoms with Crippen LogP contribution in [0, 0.1) is 20.2 Å². The molecule has 0 aliphatic heterocycles. The summed E-state index contributed by atoms with van der Waals surface area (Å²) in [4.78, 5) is 31.7. The highest BCUT2D eigenvalue weighted by atomic mass is 16.6. The molecule has 0 aliphatic rings. The van der Waals surface area contributed by atoms with Crippen LogP contribution >= 0.6 is 0 Å². The first-order valence-corrected chi connectivity index (χ1v) is 6.45. The molecule has 0 bridgehead atoms. The van der Waals surface area contributed by atoms with Gasteiger partial charge in [0, 0.05) is 12.1 Å². The van der Waals surface area contributed by atoms with Crippen molar-refractivity contribution < 1.29 is 24.5 Å². The van der Waals surface area contributed by atoms with Gasteiger partial charge in [0.15, 0.2) is 5.69 Å². The number of hydrogen-bond donors (Lipinski definition) is 2. The Balaban J connectivity index is 2.69. The summed E-state index contributed by atoms with van der Waals surface area (Å²) in [6.07, 6.45) is 0. The highest BCUT2D eigenvalue weighted by Gasteiger charge is 2.29. The smallest absolute Gasteiger partial charge is 0.336 e. The van der Waals surface area contributed by atoms with Crippen molar-refractivity contribution in [3.63, 3.8) is 0 Å². The van der Waals surface area contributed by atoms with Gasteiger partial charge < -0.3 is 15.2 Å². The van der Waals surface area contributed by atoms with Gasteiger partial charge in [0.25, 0.3) is 0 Å². The molecule has 24 heavy (non-hydrogen) atoms. The lowest BCUT2D eigenvalue weighted by molar-refractivity contribution is -0.392. The summed E-state index contributed by atoms with van der Waals surface area (Å²) < 4.78 is 5.08. The van der Waals surface area contributed by atoms with Gasteiger partial charge in [-0.15, -0.1) is 0 Å². The van der Waals surface area contributed by atoms with Crippen LogP contribution < -0.4 is 10.1 Å². The predicted octanol–water partition coefficient (Wildman–Crippen LogP) is 2.95. The molecule has 0 saturated heterocycles. The molecule has 2 aromatic rings. The molecule has 2 rings (SSSR count). The lowest BCUT2D eigenvalue weighted by Crippen LogP contribution is -2.06. The SMILES string of the molecule is COc1ccccc1Nc1c([N+](=O)[O-])cc(C(=O)O)cc1[N+](=O)[O-]. The standard InChI is InChI=1S/C14H11N3O7/c1-24-12-5-3-2-4-9(12)15-13-10(16(20)21)6-8(14(18)19)7-11(13)17(22)23/h2-7,15H,1H3,(H,18,19). The number of hydrogen-bond acceptors (Lipinski definition) is 7. The number of para-hydroxylation sites is 2. The minimum Gasteiger partial charge on any atom is -0.495 e. The van der Waals surface area contributed by atoms with E-state index in [0.29, 0.717) is 5.75 Å². The van der Waals surface area contributed by atoms with Crippen molar-refractivity contribution in [1.82, 2.24) is 0 Å². The van der Waals surface area contributed by atoms with E-state index in [9.17, 15) is 25.0 Å². The van der Waals surface area contributed by atoms with E-state index in [1.165, 1.54) is 13.2 Å². The Hall–Kier alpha value is -3.69. The van der Waals surface area contributed by atoms with Crippen molar-refractivity contribution in [2.75, 3.05) is 12.4 Å². The number of ether oxygens (including phenoxy) is 1. The van der Waals surface area contributed by atoms with E-state index >= 15 is 0 Å². The quantitative estimate of drug-likeness (QED) is 0.606. The highest BCUT2D eigenvalue weighted by molar-refractivity contribution is 5.93. The molecule has 0 atom stereocenters. The van der Waals surface area contributed by atoms with Crippen molar-refractivity contribution in [2.24, 2.45) is 0 Å². The molecule has 10 nitrogen and oxygen atoms in total. The van der Waals surface area contributed by atoms with Gasteiger partial charge in [-0.25, -0.2) is 4.79 Å². The van der Waals surface area contributed by atoms with Crippen LogP contribution in [-0.4, -0.2) is 28.0 Å². The number of anilines is 2. The fourth-order valence-electron chi connectivity index (χ4n) is 2.03. The lowest BCUT2D eigenvalue weighted by Gasteiger charge is -2.11. The number of carboxylic acids is 1. The zero-order valence-corrected chi connectivity index (χ0v) is 12.3. The number of nitrogens with one attached hydrogen (secondary N) is 1. The number of nitrogens with zero attached hydrogens (tertiary/aromatic N) is 2. The number of aromatic carboxylic acids is 1. The van der Waals surface area contributed by atoms with E-state index < -0.39 is 38.4 Å². The molecule has 0 aliphatic carbocycles. The number of carboxylic acid groups (broad SMARTS) is 1. The summed E-state index contributed by atoms with van der Waals surface area (Å²) in [6, 6.07) is 7.84. The maximum Gasteiger partial charge on any atom is 0.336 e. The first kappa shape index (κ1) is 16.7. The number of benzene rings is 2. The molecule has 0 saturated carbocycles. The normalized spacial score (nSPS) is 10.0. The van der Waals surface area contributed by atoms with Gasteiger partial charge in [-0.2, -0.15) is 0 Å². The van der Waals surface area contributed by atoms with Crippen LogP contribution in [0.2, 0.25) is 0 Å². The van der Waals surface area contributed by atoms with Gasteiger partial charge >= 0.3 is 17.3 Å². The fourth-order valence-corrected chi connectivity index (χ4v) is 2.03. The van der Waals surface area contributed by atoms with Crippen molar-refractivity contribution in [3.05, 3.63) is 62.2 Å². The minimum atomic E-state index is -1.51. The second-order valence-electron chi connectivity index (χ2n) is 4.53. The number of nitro groups is 2. The Morgan fingerprint density at radius 3 is 2.12 bits per heavy atom. The molecule has 0 amide bonds. The molecular formula is C14H11N3O7. The van der Waals surface area contributed by atoms with E-state index in [1.807, 2.05) is 0 Å². The van der Waals surface area contributed by atoms with Gasteiger partial charge in [-0.05, 0) is 12.1 Å². The van der Waals surface area contributed by atoms with E-state index in [2.05, 4.69) is 5.32 Å². The van der Waals surface area contributed by atoms with E-state index in [1.54, 1.807) is 18.2 Å². The van der Waals surface area contributed by atoms with Crippen molar-refractivity contribution in [3.8, 4) is 5.75 Å². The van der Waals surface area contributed by atoms with E-state index in [0.717, 1.165) is 12.1 Å². The molecule has 0 unspecified atom stereocenters. The number of carbonyl (C=O) groups is 1. The molecule has 10 heteroatoms. The first-order chi connectivity index (χ1) is 11.3. The summed E-state index contributed by atoms with van der Waals surface area (Å²) in [6.45, 7) is 0. The third-order valence-electron chi connectivity index (χ3n) is 3.10. The summed E-state index contributed by atoms with van der Waals surface area (Å²) in [7, 11) is 1.37. The fraction of sp³-hybridized carbons (Fsp3) is 0.0714. The third kappa shape index (κ3) is 3.21. The average Bonchev–Trinajstić information content (AvgIpc) is 2.54. The highest BCUT2D eigenvalue weighted by Crippen LogP contribution is 2.39. The van der Waals surface area contributed by atoms with Crippen LogP contribution in [0.15, 0.2) is 36.4 Å². The van der Waals surface area contributed by atoms with Crippen LogP contribution in [0.4, 0.5) is 22.7 Å². The summed E-state index contributed by atoms with van der Waals surface area (Å²) in [5.74, 6) is -1.20. The van der Waals surface area contributed by atoms with Gasteiger partial charge in [-0.3, -0.25) is 20.2 Å². The van der Waals surface area contributed by atoms with Crippen LogP contribution in [0.1, 0.15) is 10.4 Å². The van der Waals surface area contributed by atoms with E-state index in [-0.39, 0.29) is 5.69 Å². The molecule has 0 aromatic heterocycles. The van der Waals surface area contributed by atoms with Crippen molar-refractivity contribution in [1.29, 1.82) is 0 Å². The Kier molecular flexibility index (Phi) is 4.59. The van der Waals surface area contributed by atoms with Crippen LogP contribution in [0.5, 0.6) is 5.75 Å². The monoisotopic (exact) mass is 333 g/mol. The molecule has 0 heterocycles. The molecule has 0 fully saturated rings. The molecule has 0 radical (unpaired) electrons. The van der Waals surface area contributed by atoms with Gasteiger partial charge in [0.2, 0.25) is 0 Å². The zero-order chi connectivity index (χ0) is 17.9. The van der Waals surface area contributed by atoms with Gasteiger partial charge in [-0.1, -0.05) is 12.1 Å². The number of nitro benzene ring substituents is 2. The lowest BCUT2D eigenvalue weighted by atomic mass is 10.1. The summed E-state index contributed by atoms with van der Waals surface area (Å²) in [5.41, 5.74) is -2.19. The van der Waals surface area contributed by atoms with Gasteiger partial charge in [0.1, 0.15) is 5.75 Å². The second kappa shape index (κ2) is 6.60. The largest absolute Gasteiger partial charge is 0.495 e. The molecule has 0 spiro atoms. The average molecular weight is 333 g/mol. The predicted molar refractivity (Wildman–Crippen MR) is 83.0 cm³/mol. The van der Waals surface area contributed by atoms with Crippen LogP contribution in [-0.2, 0) is 0 Å². The van der Waals surface area contributed by atoms with Crippen molar-refractivity contribution in [2.45, 2.75) is 0 Å². The Morgan fingerprint density at radius 2 is 1.67 bits per heavy atom. The zero-order valence-electron chi connectivity index (χ0n) is 12.3. The Bertz CT molecular complexity index is 800. The molecule has 2 aromatic carbocycles. The Labute approximate surface area is 134 Å². The maximum atomic E-state index is 11.2. The summed E-state index contributed by atoms with van der Waals surface area (Å²) >= 11 is 0. The van der Waals surface area contributed by atoms with E-state index in [4.69, 9.17) is 9.84 Å². The second-order valence-corrected chi connectivity index (χ2v) is 4.53. The minimum absolute atomic E-state index is 0.259. The first-order valence-electron chi connectivity index (χ1n) is 6.45. The van der Waals surface area contributed by atoms with Crippen molar-refractivity contribution >= 4 is 28.7 Å². The third-order valence-corrected chi connectivity index (χ3v) is 3.10. The van der Waals surface area contributed by atoms with Crippen LogP contribution in [0.3, 0.4) is 0 Å². The molecule has 2 N–H and O–H groups in total. The maximum absolute atomic E-state index is 11.2. The number of methoxy groups -OCH3 is 1. The molecular weight excluding hydrogens is 322 g/mol. The Morgan fingerprint density at radius 1 is 1.12 bits per heavy atom. The van der Waals surface area contributed by atoms with Crippen LogP contribution in [0.25, 0.3) is 0 Å². The topological polar surface area (TPSA) is 145 Å². The molecule has 124 valence electrons. The summed E-state index contributed by atoms with van der Waals surface area (Å²) in [5, 5.41) is 34.0. The number of rotatable bonds is 6. The van der Waals surface area contributed by atoms with Gasteiger partial charge in [0.05, 0.1) is 28.2 Å².